The minimum absolute atomic E-state index is 0.0901. The molecule has 2 heterocycles. The summed E-state index contributed by atoms with van der Waals surface area (Å²) in [5.41, 5.74) is 1.96. The lowest BCUT2D eigenvalue weighted by molar-refractivity contribution is 0.232. The molecule has 0 bridgehead atoms. The zero-order valence-corrected chi connectivity index (χ0v) is 11.7. The first kappa shape index (κ1) is 13.3. The molecule has 0 saturated heterocycles. The fourth-order valence-electron chi connectivity index (χ4n) is 1.75. The molecule has 0 fully saturated rings. The molecule has 0 radical (unpaired) electrons. The van der Waals surface area contributed by atoms with Crippen LogP contribution in [0.25, 0.3) is 0 Å². The van der Waals surface area contributed by atoms with Gasteiger partial charge in [-0.1, -0.05) is 6.92 Å². The van der Waals surface area contributed by atoms with E-state index < -0.39 is 0 Å². The number of nitrogens with zero attached hydrogens (tertiary/aromatic N) is 4. The van der Waals surface area contributed by atoms with E-state index in [1.54, 1.807) is 10.7 Å². The second kappa shape index (κ2) is 5.69. The topological polar surface area (TPSA) is 64.9 Å². The van der Waals surface area contributed by atoms with Crippen LogP contribution in [0.4, 0.5) is 11.5 Å². The van der Waals surface area contributed by atoms with Gasteiger partial charge < -0.3 is 10.1 Å². The number of nitrogens with one attached hydrogen (secondary N) is 1. The van der Waals surface area contributed by atoms with Gasteiger partial charge in [-0.25, -0.2) is 9.97 Å². The van der Waals surface area contributed by atoms with E-state index in [-0.39, 0.29) is 6.10 Å². The van der Waals surface area contributed by atoms with Crippen LogP contribution < -0.4 is 10.1 Å². The van der Waals surface area contributed by atoms with Gasteiger partial charge in [0.25, 0.3) is 0 Å². The van der Waals surface area contributed by atoms with E-state index in [2.05, 4.69) is 27.3 Å². The predicted octanol–water partition coefficient (Wildman–Crippen LogP) is 2.30. The van der Waals surface area contributed by atoms with Crippen molar-refractivity contribution in [2.45, 2.75) is 33.3 Å². The van der Waals surface area contributed by atoms with Crippen LogP contribution in [0.1, 0.15) is 26.5 Å². The molecule has 0 aromatic carbocycles. The standard InChI is InChI=1S/C13H19N5O/c1-5-10-11(7-18(4)17-10)16-12-6-13(15-8-14-12)19-9(2)3/h6-9H,5H2,1-4H3,(H,14,15,16). The summed E-state index contributed by atoms with van der Waals surface area (Å²) in [5, 5.41) is 7.62. The summed E-state index contributed by atoms with van der Waals surface area (Å²) in [4.78, 5) is 8.26. The Morgan fingerprint density at radius 1 is 1.37 bits per heavy atom. The van der Waals surface area contributed by atoms with Gasteiger partial charge in [0.15, 0.2) is 0 Å². The van der Waals surface area contributed by atoms with Crippen LogP contribution >= 0.6 is 0 Å². The minimum Gasteiger partial charge on any atom is -0.475 e. The molecule has 2 rings (SSSR count). The summed E-state index contributed by atoms with van der Waals surface area (Å²) >= 11 is 0. The molecule has 6 nitrogen and oxygen atoms in total. The van der Waals surface area contributed by atoms with Crippen molar-refractivity contribution < 1.29 is 4.74 Å². The summed E-state index contributed by atoms with van der Waals surface area (Å²) in [6, 6.07) is 1.78. The first-order valence-electron chi connectivity index (χ1n) is 6.36. The second-order valence-corrected chi connectivity index (χ2v) is 4.55. The molecule has 2 aromatic rings. The SMILES string of the molecule is CCc1nn(C)cc1Nc1cc(OC(C)C)ncn1. The Morgan fingerprint density at radius 2 is 2.16 bits per heavy atom. The Kier molecular flexibility index (Phi) is 3.99. The molecule has 2 aromatic heterocycles. The van der Waals surface area contributed by atoms with E-state index in [9.17, 15) is 0 Å². The highest BCUT2D eigenvalue weighted by atomic mass is 16.5. The normalized spacial score (nSPS) is 10.8. The smallest absolute Gasteiger partial charge is 0.218 e. The number of ether oxygens (including phenoxy) is 1. The lowest BCUT2D eigenvalue weighted by atomic mass is 10.3. The number of hydrogen-bond acceptors (Lipinski definition) is 5. The maximum atomic E-state index is 5.54. The van der Waals surface area contributed by atoms with Crippen LogP contribution in [0.3, 0.4) is 0 Å². The number of aromatic nitrogens is 4. The van der Waals surface area contributed by atoms with E-state index >= 15 is 0 Å². The van der Waals surface area contributed by atoms with E-state index in [0.717, 1.165) is 17.8 Å². The molecule has 0 aliphatic heterocycles. The minimum atomic E-state index is 0.0901. The van der Waals surface area contributed by atoms with Gasteiger partial charge in [0.2, 0.25) is 5.88 Å². The van der Waals surface area contributed by atoms with E-state index in [1.165, 1.54) is 6.33 Å². The third-order valence-electron chi connectivity index (χ3n) is 2.50. The van der Waals surface area contributed by atoms with Crippen LogP contribution in [-0.4, -0.2) is 25.9 Å². The van der Waals surface area contributed by atoms with Crippen LogP contribution in [-0.2, 0) is 13.5 Å². The van der Waals surface area contributed by atoms with Crippen molar-refractivity contribution in [3.8, 4) is 5.88 Å². The Morgan fingerprint density at radius 3 is 2.84 bits per heavy atom. The van der Waals surface area contributed by atoms with Gasteiger partial charge in [-0.3, -0.25) is 4.68 Å². The molecule has 0 spiro atoms. The van der Waals surface area contributed by atoms with Crippen LogP contribution in [0.5, 0.6) is 5.88 Å². The molecule has 102 valence electrons. The van der Waals surface area contributed by atoms with Crippen molar-refractivity contribution in [1.82, 2.24) is 19.7 Å². The van der Waals surface area contributed by atoms with Gasteiger partial charge in [0.05, 0.1) is 17.5 Å². The summed E-state index contributed by atoms with van der Waals surface area (Å²) < 4.78 is 7.33. The highest BCUT2D eigenvalue weighted by Gasteiger charge is 2.08. The molecular weight excluding hydrogens is 242 g/mol. The third-order valence-corrected chi connectivity index (χ3v) is 2.50. The van der Waals surface area contributed by atoms with Crippen LogP contribution in [0.2, 0.25) is 0 Å². The molecule has 0 unspecified atom stereocenters. The highest BCUT2D eigenvalue weighted by molar-refractivity contribution is 5.58. The lowest BCUT2D eigenvalue weighted by Gasteiger charge is -2.09. The van der Waals surface area contributed by atoms with Gasteiger partial charge in [-0.2, -0.15) is 5.10 Å². The zero-order valence-electron chi connectivity index (χ0n) is 11.7. The van der Waals surface area contributed by atoms with Gasteiger partial charge >= 0.3 is 0 Å². The average molecular weight is 261 g/mol. The fraction of sp³-hybridized carbons (Fsp3) is 0.462. The van der Waals surface area contributed by atoms with Crippen molar-refractivity contribution in [2.24, 2.45) is 7.05 Å². The zero-order chi connectivity index (χ0) is 13.8. The Labute approximate surface area is 112 Å². The first-order valence-corrected chi connectivity index (χ1v) is 6.36. The molecular formula is C13H19N5O. The van der Waals surface area contributed by atoms with Gasteiger partial charge in [-0.05, 0) is 20.3 Å². The summed E-state index contributed by atoms with van der Waals surface area (Å²) in [6.45, 7) is 6.00. The predicted molar refractivity (Wildman–Crippen MR) is 73.7 cm³/mol. The van der Waals surface area contributed by atoms with E-state index in [1.807, 2.05) is 27.1 Å². The highest BCUT2D eigenvalue weighted by Crippen LogP contribution is 2.20. The van der Waals surface area contributed by atoms with Gasteiger partial charge in [0, 0.05) is 19.3 Å². The fourth-order valence-corrected chi connectivity index (χ4v) is 1.75. The largest absolute Gasteiger partial charge is 0.475 e. The van der Waals surface area contributed by atoms with Crippen molar-refractivity contribution in [3.63, 3.8) is 0 Å². The quantitative estimate of drug-likeness (QED) is 0.894. The van der Waals surface area contributed by atoms with Crippen molar-refractivity contribution in [3.05, 3.63) is 24.3 Å². The first-order chi connectivity index (χ1) is 9.08. The Hall–Kier alpha value is -2.11. The van der Waals surface area contributed by atoms with Gasteiger partial charge in [0.1, 0.15) is 12.1 Å². The number of anilines is 2. The summed E-state index contributed by atoms with van der Waals surface area (Å²) in [6.07, 6.45) is 4.38. The molecule has 0 aliphatic carbocycles. The molecule has 0 saturated carbocycles. The number of aryl methyl sites for hydroxylation is 2. The number of rotatable bonds is 5. The van der Waals surface area contributed by atoms with E-state index in [4.69, 9.17) is 4.74 Å². The Balaban J connectivity index is 2.18. The van der Waals surface area contributed by atoms with Crippen LogP contribution in [0, 0.1) is 0 Å². The maximum Gasteiger partial charge on any atom is 0.218 e. The average Bonchev–Trinajstić information content (AvgIpc) is 2.69. The Bertz CT molecular complexity index is 550. The molecule has 0 amide bonds. The summed E-state index contributed by atoms with van der Waals surface area (Å²) in [5.74, 6) is 1.27. The third kappa shape index (κ3) is 3.43. The number of hydrogen-bond donors (Lipinski definition) is 1. The summed E-state index contributed by atoms with van der Waals surface area (Å²) in [7, 11) is 1.90. The van der Waals surface area contributed by atoms with E-state index in [0.29, 0.717) is 11.7 Å². The van der Waals surface area contributed by atoms with Crippen molar-refractivity contribution in [2.75, 3.05) is 5.32 Å². The van der Waals surface area contributed by atoms with Crippen LogP contribution in [0.15, 0.2) is 18.6 Å². The molecule has 0 atom stereocenters. The molecule has 1 N–H and O–H groups in total. The maximum absolute atomic E-state index is 5.54. The molecule has 0 aliphatic rings. The van der Waals surface area contributed by atoms with Crippen molar-refractivity contribution in [1.29, 1.82) is 0 Å². The van der Waals surface area contributed by atoms with Gasteiger partial charge in [-0.15, -0.1) is 0 Å². The lowest BCUT2D eigenvalue weighted by Crippen LogP contribution is -2.07. The molecule has 6 heteroatoms. The second-order valence-electron chi connectivity index (χ2n) is 4.55. The van der Waals surface area contributed by atoms with Crippen molar-refractivity contribution >= 4 is 11.5 Å². The molecule has 19 heavy (non-hydrogen) atoms. The monoisotopic (exact) mass is 261 g/mol.